The van der Waals surface area contributed by atoms with Crippen molar-refractivity contribution in [2.75, 3.05) is 4.90 Å². The molecule has 1 fully saturated rings. The molecule has 0 unspecified atom stereocenters. The number of carbonyl (C=O) groups is 4. The van der Waals surface area contributed by atoms with E-state index in [0.29, 0.717) is 24.1 Å². The summed E-state index contributed by atoms with van der Waals surface area (Å²) in [6.45, 7) is 6.57. The van der Waals surface area contributed by atoms with Gasteiger partial charge in [0.05, 0.1) is 33.2 Å². The molecule has 12 nitrogen and oxygen atoms in total. The van der Waals surface area contributed by atoms with Crippen LogP contribution in [0.5, 0.6) is 5.75 Å². The molecular formula is C38H36Cl2F4N6O6. The van der Waals surface area contributed by atoms with Crippen LogP contribution in [0.4, 0.5) is 29.2 Å². The molecule has 0 saturated heterocycles. The number of anilines is 2. The lowest BCUT2D eigenvalue weighted by Crippen LogP contribution is -2.51. The summed E-state index contributed by atoms with van der Waals surface area (Å²) >= 11 is 12.2. The number of imidazole rings is 1. The minimum absolute atomic E-state index is 0.0155. The van der Waals surface area contributed by atoms with Crippen molar-refractivity contribution in [3.63, 3.8) is 0 Å². The highest BCUT2D eigenvalue weighted by atomic mass is 35.5. The van der Waals surface area contributed by atoms with E-state index < -0.39 is 74.4 Å². The summed E-state index contributed by atoms with van der Waals surface area (Å²) in [4.78, 5) is 65.3. The summed E-state index contributed by atoms with van der Waals surface area (Å²) in [7, 11) is 0. The van der Waals surface area contributed by atoms with Crippen molar-refractivity contribution < 1.29 is 46.2 Å². The highest BCUT2D eigenvalue weighted by Gasteiger charge is 2.52. The quantitative estimate of drug-likeness (QED) is 0.0863. The van der Waals surface area contributed by atoms with E-state index >= 15 is 0 Å². The topological polar surface area (TPSA) is 145 Å². The fourth-order valence-corrected chi connectivity index (χ4v) is 7.01. The molecule has 3 amide bonds. The van der Waals surface area contributed by atoms with Crippen LogP contribution in [-0.2, 0) is 36.6 Å². The number of halogens is 6. The smallest absolute Gasteiger partial charge is 0.460 e. The van der Waals surface area contributed by atoms with Gasteiger partial charge in [0, 0.05) is 19.0 Å². The number of nitrogens with one attached hydrogen (secondary N) is 2. The molecule has 1 saturated carbocycles. The monoisotopic (exact) mass is 818 g/mol. The zero-order valence-corrected chi connectivity index (χ0v) is 32.0. The van der Waals surface area contributed by atoms with Crippen molar-refractivity contribution in [3.8, 4) is 5.75 Å². The second-order valence-corrected chi connectivity index (χ2v) is 15.5. The molecule has 6 rings (SSSR count). The second-order valence-electron chi connectivity index (χ2n) is 14.7. The fourth-order valence-electron chi connectivity index (χ4n) is 6.53. The zero-order chi connectivity index (χ0) is 40.8. The predicted molar refractivity (Wildman–Crippen MR) is 196 cm³/mol. The van der Waals surface area contributed by atoms with E-state index in [2.05, 4.69) is 25.3 Å². The molecular weight excluding hydrogens is 783 g/mol. The number of nitrogens with zero attached hydrogens (tertiary/aromatic N) is 4. The summed E-state index contributed by atoms with van der Waals surface area (Å²) < 4.78 is 63.8. The largest absolute Gasteiger partial charge is 0.573 e. The van der Waals surface area contributed by atoms with Gasteiger partial charge in [0.1, 0.15) is 28.6 Å². The third-order valence-electron chi connectivity index (χ3n) is 9.21. The van der Waals surface area contributed by atoms with E-state index in [0.717, 1.165) is 29.2 Å². The molecule has 3 heterocycles. The van der Waals surface area contributed by atoms with Gasteiger partial charge in [-0.1, -0.05) is 41.4 Å². The Bertz CT molecular complexity index is 2150. The first kappa shape index (κ1) is 40.4. The molecule has 2 N–H and O–H groups in total. The highest BCUT2D eigenvalue weighted by Crippen LogP contribution is 2.46. The van der Waals surface area contributed by atoms with Crippen molar-refractivity contribution in [2.24, 2.45) is 0 Å². The molecule has 2 aromatic carbocycles. The van der Waals surface area contributed by atoms with E-state index in [1.165, 1.54) is 29.8 Å². The number of esters is 1. The Balaban J connectivity index is 1.35. The fraction of sp³-hybridized carbons (Fsp3) is 0.368. The van der Waals surface area contributed by atoms with Crippen LogP contribution in [0.3, 0.4) is 0 Å². The predicted octanol–water partition coefficient (Wildman–Crippen LogP) is 7.28. The molecule has 18 heteroatoms. The molecule has 1 aliphatic heterocycles. The summed E-state index contributed by atoms with van der Waals surface area (Å²) in [5.74, 6) is -4.23. The van der Waals surface area contributed by atoms with Gasteiger partial charge < -0.3 is 20.1 Å². The second kappa shape index (κ2) is 15.0. The van der Waals surface area contributed by atoms with E-state index in [4.69, 9.17) is 27.9 Å². The molecule has 0 spiro atoms. The van der Waals surface area contributed by atoms with Crippen LogP contribution in [0.25, 0.3) is 0 Å². The number of pyridine rings is 1. The lowest BCUT2D eigenvalue weighted by molar-refractivity contribution is -0.274. The minimum atomic E-state index is -4.93. The Morgan fingerprint density at radius 1 is 1.00 bits per heavy atom. The number of hydrogen-bond acceptors (Lipinski definition) is 8. The Kier molecular flexibility index (Phi) is 10.9. The van der Waals surface area contributed by atoms with Crippen LogP contribution in [0.2, 0.25) is 10.0 Å². The van der Waals surface area contributed by atoms with Crippen molar-refractivity contribution in [1.29, 1.82) is 0 Å². The van der Waals surface area contributed by atoms with Gasteiger partial charge in [-0.3, -0.25) is 28.7 Å². The van der Waals surface area contributed by atoms with Gasteiger partial charge in [-0.2, -0.15) is 0 Å². The maximum absolute atomic E-state index is 14.5. The van der Waals surface area contributed by atoms with Gasteiger partial charge in [0.2, 0.25) is 11.9 Å². The Morgan fingerprint density at radius 3 is 2.23 bits per heavy atom. The molecule has 2 aromatic heterocycles. The number of amides is 3. The number of carbonyl (C=O) groups excluding carboxylic acids is 4. The lowest BCUT2D eigenvalue weighted by atomic mass is 9.91. The normalized spacial score (nSPS) is 17.9. The Labute approximate surface area is 328 Å². The Hall–Kier alpha value is -5.22. The molecule has 296 valence electrons. The first-order valence-electron chi connectivity index (χ1n) is 17.4. The van der Waals surface area contributed by atoms with Crippen LogP contribution < -0.4 is 20.3 Å². The lowest BCUT2D eigenvalue weighted by Gasteiger charge is -2.27. The van der Waals surface area contributed by atoms with Gasteiger partial charge in [-0.05, 0) is 88.9 Å². The van der Waals surface area contributed by atoms with E-state index in [-0.39, 0.29) is 36.6 Å². The van der Waals surface area contributed by atoms with Crippen molar-refractivity contribution in [3.05, 3.63) is 99.8 Å². The standard InChI is InChI=1S/C38H36Cl2F4N6O6/c1-35(2,3)56-29(51)13-12-26(31(52)48-37(14-15-37)28-7-5-6-16-45-28)47-32(53)27-20-46-34-49(22-17-24(39)30(41)25(40)18-22)33(54)36(4,50(27)34)19-21-8-10-23(11-9-21)55-38(42,43)44/h5-11,16-18,20,26H,12-15,19H2,1-4H3,(H,47,53)(H,48,52)/t26-,36+/m0/s1. The van der Waals surface area contributed by atoms with Crippen molar-refractivity contribution in [1.82, 2.24) is 25.2 Å². The average molecular weight is 820 g/mol. The number of aromatic nitrogens is 3. The Morgan fingerprint density at radius 2 is 1.66 bits per heavy atom. The summed E-state index contributed by atoms with van der Waals surface area (Å²) in [5, 5.41) is 4.90. The van der Waals surface area contributed by atoms with Crippen LogP contribution in [0.1, 0.15) is 75.1 Å². The number of rotatable bonds is 12. The van der Waals surface area contributed by atoms with Crippen molar-refractivity contribution >= 4 is 58.5 Å². The maximum Gasteiger partial charge on any atom is 0.573 e. The zero-order valence-electron chi connectivity index (χ0n) is 30.5. The molecule has 1 aliphatic carbocycles. The first-order valence-corrected chi connectivity index (χ1v) is 18.1. The maximum atomic E-state index is 14.5. The SMILES string of the molecule is CC(C)(C)OC(=O)CC[C@H](NC(=O)c1cnc2n1[C@](C)(Cc1ccc(OC(F)(F)F)cc1)C(=O)N2c1cc(Cl)c(F)c(Cl)c1)C(=O)NC1(c2ccccn2)CC1. The minimum Gasteiger partial charge on any atom is -0.460 e. The summed E-state index contributed by atoms with van der Waals surface area (Å²) in [6, 6.07) is 11.2. The molecule has 0 radical (unpaired) electrons. The van der Waals surface area contributed by atoms with Crippen LogP contribution >= 0.6 is 23.2 Å². The van der Waals surface area contributed by atoms with Crippen LogP contribution in [-0.4, -0.2) is 56.2 Å². The number of benzene rings is 2. The molecule has 0 bridgehead atoms. The first-order chi connectivity index (χ1) is 26.2. The van der Waals surface area contributed by atoms with Gasteiger partial charge in [0.25, 0.3) is 11.8 Å². The number of fused-ring (bicyclic) bond motifs is 1. The molecule has 56 heavy (non-hydrogen) atoms. The third kappa shape index (κ3) is 8.60. The molecule has 4 aromatic rings. The van der Waals surface area contributed by atoms with Gasteiger partial charge >= 0.3 is 12.3 Å². The van der Waals surface area contributed by atoms with E-state index in [9.17, 15) is 36.7 Å². The van der Waals surface area contributed by atoms with E-state index in [1.54, 1.807) is 45.2 Å². The number of alkyl halides is 3. The summed E-state index contributed by atoms with van der Waals surface area (Å²) in [5.41, 5.74) is -2.43. The molecule has 2 aliphatic rings. The third-order valence-corrected chi connectivity index (χ3v) is 9.76. The highest BCUT2D eigenvalue weighted by molar-refractivity contribution is 6.35. The van der Waals surface area contributed by atoms with Crippen LogP contribution in [0.15, 0.2) is 67.0 Å². The van der Waals surface area contributed by atoms with Gasteiger partial charge in [-0.25, -0.2) is 14.3 Å². The van der Waals surface area contributed by atoms with E-state index in [1.807, 2.05) is 0 Å². The van der Waals surface area contributed by atoms with Crippen LogP contribution in [0, 0.1) is 5.82 Å². The number of ether oxygens (including phenoxy) is 2. The van der Waals surface area contributed by atoms with Gasteiger partial charge in [0.15, 0.2) is 5.82 Å². The number of hydrogen-bond donors (Lipinski definition) is 2. The van der Waals surface area contributed by atoms with Gasteiger partial charge in [-0.15, -0.1) is 13.2 Å². The summed E-state index contributed by atoms with van der Waals surface area (Å²) in [6.07, 6.45) is -1.55. The van der Waals surface area contributed by atoms with Crippen molar-refractivity contribution in [2.45, 2.75) is 88.9 Å². The molecule has 2 atom stereocenters. The average Bonchev–Trinajstić information content (AvgIpc) is 3.70.